The number of alkyl carbamates (subject to hydrolysis) is 1. The van der Waals surface area contributed by atoms with E-state index in [4.69, 9.17) is 32.7 Å². The maximum atomic E-state index is 11.9. The van der Waals surface area contributed by atoms with E-state index >= 15 is 0 Å². The maximum Gasteiger partial charge on any atom is 0.408 e. The Labute approximate surface area is 137 Å². The van der Waals surface area contributed by atoms with E-state index in [0.717, 1.165) is 0 Å². The summed E-state index contributed by atoms with van der Waals surface area (Å²) in [6.45, 7) is 5.12. The van der Waals surface area contributed by atoms with Crippen molar-refractivity contribution in [2.75, 3.05) is 0 Å². The highest BCUT2D eigenvalue weighted by atomic mass is 35.5. The molecular formula is C14H15Cl2NO5. The molecule has 120 valence electrons. The van der Waals surface area contributed by atoms with Gasteiger partial charge in [-0.25, -0.2) is 9.59 Å². The number of nitrogens with one attached hydrogen (secondary N) is 1. The summed E-state index contributed by atoms with van der Waals surface area (Å²) in [6, 6.07) is -0.913. The molecule has 0 aromatic rings. The standard InChI is InChI=1S/C14H15Cl2NO5/c1-13(2,3)22-12(20)17-9-6-14(21-11(9)19)4-7(15)10(18)8(16)5-14/h4-5,9H,6H2,1-3H3,(H,17,20)/t9-/m0/s1. The molecule has 1 atom stereocenters. The normalized spacial score (nSPS) is 23.8. The monoisotopic (exact) mass is 347 g/mol. The van der Waals surface area contributed by atoms with Crippen molar-refractivity contribution in [2.45, 2.75) is 44.4 Å². The highest BCUT2D eigenvalue weighted by molar-refractivity contribution is 6.55. The Balaban J connectivity index is 2.12. The summed E-state index contributed by atoms with van der Waals surface area (Å²) in [5.74, 6) is -1.18. The van der Waals surface area contributed by atoms with Gasteiger partial charge in [0.15, 0.2) is 5.60 Å². The molecule has 0 saturated carbocycles. The van der Waals surface area contributed by atoms with Crippen molar-refractivity contribution in [1.29, 1.82) is 0 Å². The molecule has 0 aromatic heterocycles. The highest BCUT2D eigenvalue weighted by Gasteiger charge is 2.48. The Hall–Kier alpha value is -1.53. The molecule has 1 spiro atoms. The molecule has 1 amide bonds. The van der Waals surface area contributed by atoms with E-state index in [1.165, 1.54) is 12.2 Å². The quantitative estimate of drug-likeness (QED) is 0.736. The van der Waals surface area contributed by atoms with Gasteiger partial charge in [-0.05, 0) is 32.9 Å². The first kappa shape index (κ1) is 16.8. The second kappa shape index (κ2) is 5.59. The molecule has 0 aromatic carbocycles. The number of carbonyl (C=O) groups is 3. The number of Topliss-reactive ketones (excluding diaryl/α,β-unsaturated/α-hetero) is 1. The van der Waals surface area contributed by atoms with Crippen LogP contribution >= 0.6 is 23.2 Å². The van der Waals surface area contributed by atoms with E-state index in [2.05, 4.69) is 5.32 Å². The van der Waals surface area contributed by atoms with E-state index < -0.39 is 35.1 Å². The van der Waals surface area contributed by atoms with Gasteiger partial charge < -0.3 is 14.8 Å². The van der Waals surface area contributed by atoms with Crippen molar-refractivity contribution in [3.05, 3.63) is 22.2 Å². The van der Waals surface area contributed by atoms with Gasteiger partial charge in [-0.15, -0.1) is 0 Å². The minimum Gasteiger partial charge on any atom is -0.449 e. The lowest BCUT2D eigenvalue weighted by Crippen LogP contribution is -2.41. The topological polar surface area (TPSA) is 81.7 Å². The molecule has 1 aliphatic carbocycles. The van der Waals surface area contributed by atoms with Crippen LogP contribution in [0.4, 0.5) is 4.79 Å². The number of allylic oxidation sites excluding steroid dienone is 2. The number of esters is 1. The lowest BCUT2D eigenvalue weighted by Gasteiger charge is -2.24. The SMILES string of the molecule is CC(C)(C)OC(=O)N[C@H]1CC2(C=C(Cl)C(=O)C(Cl)=C2)OC1=O. The molecule has 1 fully saturated rings. The zero-order valence-electron chi connectivity index (χ0n) is 12.2. The van der Waals surface area contributed by atoms with Gasteiger partial charge in [-0.3, -0.25) is 4.79 Å². The van der Waals surface area contributed by atoms with Crippen molar-refractivity contribution < 1.29 is 23.9 Å². The van der Waals surface area contributed by atoms with Crippen molar-refractivity contribution in [1.82, 2.24) is 5.32 Å². The number of halogens is 2. The second-order valence-electron chi connectivity index (χ2n) is 6.09. The fourth-order valence-electron chi connectivity index (χ4n) is 2.15. The Kier molecular flexibility index (Phi) is 4.28. The largest absolute Gasteiger partial charge is 0.449 e. The predicted molar refractivity (Wildman–Crippen MR) is 79.5 cm³/mol. The van der Waals surface area contributed by atoms with Gasteiger partial charge in [0.1, 0.15) is 11.6 Å². The van der Waals surface area contributed by atoms with E-state index in [1.54, 1.807) is 20.8 Å². The zero-order chi connectivity index (χ0) is 16.7. The van der Waals surface area contributed by atoms with Crippen LogP contribution in [0.2, 0.25) is 0 Å². The minimum absolute atomic E-state index is 0.0742. The van der Waals surface area contributed by atoms with E-state index in [0.29, 0.717) is 0 Å². The number of carbonyl (C=O) groups excluding carboxylic acids is 3. The van der Waals surface area contributed by atoms with Crippen LogP contribution in [0.3, 0.4) is 0 Å². The van der Waals surface area contributed by atoms with Crippen molar-refractivity contribution in [3.8, 4) is 0 Å². The number of amides is 1. The Bertz CT molecular complexity index is 581. The summed E-state index contributed by atoms with van der Waals surface area (Å²) in [5.41, 5.74) is -1.91. The van der Waals surface area contributed by atoms with Crippen LogP contribution in [0.1, 0.15) is 27.2 Å². The van der Waals surface area contributed by atoms with Gasteiger partial charge in [0.25, 0.3) is 0 Å². The van der Waals surface area contributed by atoms with Crippen LogP contribution in [0.25, 0.3) is 0 Å². The third-order valence-electron chi connectivity index (χ3n) is 2.97. The predicted octanol–water partition coefficient (Wildman–Crippen LogP) is 2.39. The summed E-state index contributed by atoms with van der Waals surface area (Å²) in [5, 5.41) is 2.18. The summed E-state index contributed by atoms with van der Waals surface area (Å²) in [4.78, 5) is 35.2. The summed E-state index contributed by atoms with van der Waals surface area (Å²) >= 11 is 11.6. The molecule has 0 bridgehead atoms. The van der Waals surface area contributed by atoms with Gasteiger partial charge in [-0.1, -0.05) is 23.2 Å². The van der Waals surface area contributed by atoms with Crippen LogP contribution < -0.4 is 5.32 Å². The first-order valence-electron chi connectivity index (χ1n) is 6.55. The van der Waals surface area contributed by atoms with Crippen LogP contribution in [-0.2, 0) is 19.1 Å². The zero-order valence-corrected chi connectivity index (χ0v) is 13.7. The highest BCUT2D eigenvalue weighted by Crippen LogP contribution is 2.37. The van der Waals surface area contributed by atoms with Gasteiger partial charge in [-0.2, -0.15) is 0 Å². The van der Waals surface area contributed by atoms with Crippen molar-refractivity contribution in [3.63, 3.8) is 0 Å². The molecule has 6 nitrogen and oxygen atoms in total. The minimum atomic E-state index is -1.22. The average molecular weight is 348 g/mol. The third-order valence-corrected chi connectivity index (χ3v) is 3.53. The fourth-order valence-corrected chi connectivity index (χ4v) is 2.78. The maximum absolute atomic E-state index is 11.9. The van der Waals surface area contributed by atoms with Gasteiger partial charge in [0, 0.05) is 6.42 Å². The number of ketones is 1. The number of hydrogen-bond acceptors (Lipinski definition) is 5. The molecule has 22 heavy (non-hydrogen) atoms. The van der Waals surface area contributed by atoms with Crippen molar-refractivity contribution >= 4 is 41.0 Å². The Morgan fingerprint density at radius 1 is 1.32 bits per heavy atom. The molecule has 1 N–H and O–H groups in total. The molecule has 2 aliphatic rings. The van der Waals surface area contributed by atoms with Gasteiger partial charge in [0.05, 0.1) is 10.1 Å². The smallest absolute Gasteiger partial charge is 0.408 e. The Morgan fingerprint density at radius 3 is 2.36 bits per heavy atom. The fraction of sp³-hybridized carbons (Fsp3) is 0.500. The summed E-state index contributed by atoms with van der Waals surface area (Å²) in [6.07, 6.45) is 1.98. The molecule has 0 radical (unpaired) electrons. The Morgan fingerprint density at radius 2 is 1.86 bits per heavy atom. The molecule has 8 heteroatoms. The lowest BCUT2D eigenvalue weighted by molar-refractivity contribution is -0.144. The van der Waals surface area contributed by atoms with E-state index in [9.17, 15) is 14.4 Å². The average Bonchev–Trinajstić information content (AvgIpc) is 2.59. The lowest BCUT2D eigenvalue weighted by atomic mass is 9.92. The van der Waals surface area contributed by atoms with Crippen LogP contribution in [0.5, 0.6) is 0 Å². The van der Waals surface area contributed by atoms with Gasteiger partial charge in [0.2, 0.25) is 5.78 Å². The van der Waals surface area contributed by atoms with Crippen molar-refractivity contribution in [2.24, 2.45) is 0 Å². The number of hydrogen-bond donors (Lipinski definition) is 1. The molecule has 1 aliphatic heterocycles. The van der Waals surface area contributed by atoms with Crippen LogP contribution in [0.15, 0.2) is 22.2 Å². The number of ether oxygens (including phenoxy) is 2. The molecular weight excluding hydrogens is 333 g/mol. The van der Waals surface area contributed by atoms with Crippen LogP contribution in [0, 0.1) is 0 Å². The van der Waals surface area contributed by atoms with Crippen LogP contribution in [-0.4, -0.2) is 35.1 Å². The second-order valence-corrected chi connectivity index (χ2v) is 6.91. The van der Waals surface area contributed by atoms with E-state index in [1.807, 2.05) is 0 Å². The third kappa shape index (κ3) is 3.62. The summed E-state index contributed by atoms with van der Waals surface area (Å²) in [7, 11) is 0. The van der Waals surface area contributed by atoms with Gasteiger partial charge >= 0.3 is 12.1 Å². The summed E-state index contributed by atoms with van der Waals surface area (Å²) < 4.78 is 10.3. The number of rotatable bonds is 1. The first-order chi connectivity index (χ1) is 10.0. The molecule has 2 rings (SSSR count). The molecule has 1 heterocycles. The van der Waals surface area contributed by atoms with E-state index in [-0.39, 0.29) is 16.5 Å². The first-order valence-corrected chi connectivity index (χ1v) is 7.31. The molecule has 1 saturated heterocycles. The molecule has 0 unspecified atom stereocenters.